The van der Waals surface area contributed by atoms with Gasteiger partial charge in [0.05, 0.1) is 43.1 Å². The lowest BCUT2D eigenvalue weighted by Gasteiger charge is -2.32. The van der Waals surface area contributed by atoms with Gasteiger partial charge in [-0.3, -0.25) is 14.4 Å². The molecule has 1 aromatic heterocycles. The molecule has 0 aliphatic carbocycles. The van der Waals surface area contributed by atoms with Crippen LogP contribution in [0.5, 0.6) is 0 Å². The van der Waals surface area contributed by atoms with Gasteiger partial charge in [0.15, 0.2) is 0 Å². The molecule has 366 valence electrons. The molecule has 0 aliphatic heterocycles. The number of carbonyl (C=O) groups is 3. The third kappa shape index (κ3) is 31.5. The van der Waals surface area contributed by atoms with Gasteiger partial charge < -0.3 is 29.8 Å². The second-order valence-corrected chi connectivity index (χ2v) is 18.4. The minimum atomic E-state index is -0.413. The smallest absolute Gasteiger partial charge is 0.308 e. The zero-order valence-electron chi connectivity index (χ0n) is 41.5. The lowest BCUT2D eigenvalue weighted by atomic mass is 9.94. The van der Waals surface area contributed by atoms with Crippen molar-refractivity contribution in [2.75, 3.05) is 26.3 Å². The van der Waals surface area contributed by atoms with Gasteiger partial charge in [0, 0.05) is 38.3 Å². The molecule has 0 radical (unpaired) electrons. The molecular formula is C53H98N4O6. The number of hydrogen-bond donors (Lipinski definition) is 3. The number of unbranched alkanes of at least 4 members (excludes halogenated alkanes) is 22. The van der Waals surface area contributed by atoms with E-state index in [1.54, 1.807) is 12.5 Å². The summed E-state index contributed by atoms with van der Waals surface area (Å²) >= 11 is 0. The predicted molar refractivity (Wildman–Crippen MR) is 262 cm³/mol. The monoisotopic (exact) mass is 887 g/mol. The molecule has 0 fully saturated rings. The third-order valence-electron chi connectivity index (χ3n) is 12.6. The summed E-state index contributed by atoms with van der Waals surface area (Å²) in [6.45, 7) is 12.8. The molecule has 0 saturated carbocycles. The minimum absolute atomic E-state index is 0.00565. The van der Waals surface area contributed by atoms with Crippen LogP contribution in [0.2, 0.25) is 0 Å². The Morgan fingerprint density at radius 2 is 0.984 bits per heavy atom. The van der Waals surface area contributed by atoms with E-state index >= 15 is 0 Å². The number of ether oxygens (including phenoxy) is 2. The van der Waals surface area contributed by atoms with Crippen LogP contribution in [-0.4, -0.2) is 70.2 Å². The number of nitrogens with one attached hydrogen (secondary N) is 2. The first-order valence-corrected chi connectivity index (χ1v) is 26.5. The molecule has 1 heterocycles. The average molecular weight is 887 g/mol. The first kappa shape index (κ1) is 58.0. The minimum Gasteiger partial charge on any atom is -0.514 e. The van der Waals surface area contributed by atoms with Gasteiger partial charge in [-0.15, -0.1) is 0 Å². The van der Waals surface area contributed by atoms with Crippen LogP contribution in [0.15, 0.2) is 24.5 Å². The van der Waals surface area contributed by atoms with E-state index in [0.717, 1.165) is 128 Å². The highest BCUT2D eigenvalue weighted by Gasteiger charge is 2.24. The normalized spacial score (nSPS) is 13.1. The quantitative estimate of drug-likeness (QED) is 0.0335. The molecule has 10 heteroatoms. The van der Waals surface area contributed by atoms with E-state index in [2.05, 4.69) is 47.9 Å². The summed E-state index contributed by atoms with van der Waals surface area (Å²) in [4.78, 5) is 48.2. The van der Waals surface area contributed by atoms with Gasteiger partial charge in [-0.25, -0.2) is 4.98 Å². The second-order valence-electron chi connectivity index (χ2n) is 18.4. The maximum absolute atomic E-state index is 13.2. The van der Waals surface area contributed by atoms with E-state index in [1.807, 2.05) is 0 Å². The zero-order valence-corrected chi connectivity index (χ0v) is 41.5. The van der Waals surface area contributed by atoms with Crippen LogP contribution in [0.3, 0.4) is 0 Å². The molecule has 0 spiro atoms. The lowest BCUT2D eigenvalue weighted by molar-refractivity contribution is -0.150. The number of H-pyrrole nitrogens is 1. The molecule has 3 atom stereocenters. The fraction of sp³-hybridized carbons (Fsp3) is 0.849. The molecule has 63 heavy (non-hydrogen) atoms. The van der Waals surface area contributed by atoms with Crippen LogP contribution < -0.4 is 5.32 Å². The van der Waals surface area contributed by atoms with Crippen molar-refractivity contribution in [2.24, 2.45) is 11.8 Å². The average Bonchev–Trinajstić information content (AvgIpc) is 3.79. The maximum atomic E-state index is 13.2. The number of nitrogens with zero attached hydrogens (tertiary/aromatic N) is 2. The number of hydrogen-bond acceptors (Lipinski definition) is 8. The molecule has 0 saturated heterocycles. The Morgan fingerprint density at radius 1 is 0.603 bits per heavy atom. The molecule has 0 aromatic carbocycles. The zero-order chi connectivity index (χ0) is 46.0. The van der Waals surface area contributed by atoms with Crippen molar-refractivity contribution in [1.29, 1.82) is 0 Å². The SMILES string of the molecule is CCCCCCCCC(CCCCCC)C(=O)OCCCCCCN(CCCCCCOC(=O)C(CCCCCC)CCCCCCCC)C(=CO)C(Cc1cnc[nH]1)NC(C)=O. The summed E-state index contributed by atoms with van der Waals surface area (Å²) in [6.07, 6.45) is 40.4. The van der Waals surface area contributed by atoms with E-state index in [1.165, 1.54) is 110 Å². The summed E-state index contributed by atoms with van der Waals surface area (Å²) in [5, 5.41) is 13.7. The van der Waals surface area contributed by atoms with Crippen LogP contribution >= 0.6 is 0 Å². The molecule has 3 unspecified atom stereocenters. The van der Waals surface area contributed by atoms with Crippen LogP contribution in [-0.2, 0) is 30.3 Å². The Labute approximate surface area is 386 Å². The maximum Gasteiger partial charge on any atom is 0.308 e. The molecule has 1 amide bonds. The first-order valence-electron chi connectivity index (χ1n) is 26.5. The van der Waals surface area contributed by atoms with Gasteiger partial charge in [-0.1, -0.05) is 169 Å². The first-order chi connectivity index (χ1) is 30.8. The molecule has 0 aliphatic rings. The van der Waals surface area contributed by atoms with Crippen molar-refractivity contribution >= 4 is 17.8 Å². The van der Waals surface area contributed by atoms with Crippen molar-refractivity contribution in [3.8, 4) is 0 Å². The Bertz CT molecular complexity index is 1180. The van der Waals surface area contributed by atoms with Crippen LogP contribution in [0.25, 0.3) is 0 Å². The van der Waals surface area contributed by atoms with E-state index < -0.39 is 6.04 Å². The number of carbonyl (C=O) groups excluding carboxylic acids is 3. The van der Waals surface area contributed by atoms with Crippen molar-refractivity contribution in [3.63, 3.8) is 0 Å². The fourth-order valence-corrected chi connectivity index (χ4v) is 8.69. The topological polar surface area (TPSA) is 134 Å². The van der Waals surface area contributed by atoms with Gasteiger partial charge in [0.25, 0.3) is 0 Å². The van der Waals surface area contributed by atoms with E-state index in [0.29, 0.717) is 25.3 Å². The van der Waals surface area contributed by atoms with Crippen molar-refractivity contribution in [3.05, 3.63) is 30.2 Å². The van der Waals surface area contributed by atoms with Crippen molar-refractivity contribution in [2.45, 2.75) is 253 Å². The van der Waals surface area contributed by atoms with Crippen LogP contribution in [0, 0.1) is 11.8 Å². The molecule has 3 N–H and O–H groups in total. The van der Waals surface area contributed by atoms with Crippen LogP contribution in [0.1, 0.15) is 246 Å². The third-order valence-corrected chi connectivity index (χ3v) is 12.6. The van der Waals surface area contributed by atoms with Gasteiger partial charge in [0.1, 0.15) is 6.26 Å². The Hall–Kier alpha value is -3.04. The summed E-state index contributed by atoms with van der Waals surface area (Å²) < 4.78 is 11.7. The number of aliphatic hydroxyl groups excluding tert-OH is 1. The second kappa shape index (κ2) is 41.7. The Kier molecular flexibility index (Phi) is 38.3. The van der Waals surface area contributed by atoms with E-state index in [-0.39, 0.29) is 29.7 Å². The lowest BCUT2D eigenvalue weighted by Crippen LogP contribution is -2.43. The summed E-state index contributed by atoms with van der Waals surface area (Å²) in [5.74, 6) is -0.123. The van der Waals surface area contributed by atoms with E-state index in [9.17, 15) is 19.5 Å². The number of amides is 1. The molecule has 1 aromatic rings. The highest BCUT2D eigenvalue weighted by atomic mass is 16.5. The summed E-state index contributed by atoms with van der Waals surface area (Å²) in [6, 6.07) is -0.413. The highest BCUT2D eigenvalue weighted by Crippen LogP contribution is 2.23. The van der Waals surface area contributed by atoms with Gasteiger partial charge in [-0.2, -0.15) is 0 Å². The molecule has 0 bridgehead atoms. The highest BCUT2D eigenvalue weighted by molar-refractivity contribution is 5.74. The summed E-state index contributed by atoms with van der Waals surface area (Å²) in [7, 11) is 0. The van der Waals surface area contributed by atoms with Crippen molar-refractivity contribution in [1.82, 2.24) is 20.2 Å². The largest absolute Gasteiger partial charge is 0.514 e. The Morgan fingerprint density at radius 3 is 1.37 bits per heavy atom. The molecule has 10 nitrogen and oxygen atoms in total. The van der Waals surface area contributed by atoms with E-state index in [4.69, 9.17) is 9.47 Å². The van der Waals surface area contributed by atoms with Gasteiger partial charge in [-0.05, 0) is 64.2 Å². The summed E-state index contributed by atoms with van der Waals surface area (Å²) in [5.41, 5.74) is 1.57. The van der Waals surface area contributed by atoms with Gasteiger partial charge >= 0.3 is 11.9 Å². The predicted octanol–water partition coefficient (Wildman–Crippen LogP) is 14.0. The number of aromatic nitrogens is 2. The fourth-order valence-electron chi connectivity index (χ4n) is 8.69. The standard InChI is InChI=1S/C53H98N4O6/c1-6-10-14-18-20-28-36-47(34-26-16-12-8-3)52(60)62-40-32-24-22-30-38-57(51(44-58)50(56-46(5)59)42-49-43-54-45-55-49)39-31-23-25-33-41-63-53(61)48(35-27-17-13-9-4)37-29-21-19-15-11-7-2/h43-45,47-48,50,58H,6-42H2,1-5H3,(H,54,55)(H,56,59). The molecule has 1 rings (SSSR count). The number of rotatable bonds is 45. The number of imidazole rings is 1. The van der Waals surface area contributed by atoms with Crippen molar-refractivity contribution < 1.29 is 29.0 Å². The number of aliphatic hydroxyl groups is 1. The number of aromatic amines is 1. The number of esters is 2. The van der Waals surface area contributed by atoms with Gasteiger partial charge in [0.2, 0.25) is 5.91 Å². The van der Waals surface area contributed by atoms with Crippen LogP contribution in [0.4, 0.5) is 0 Å². The molecular weight excluding hydrogens is 789 g/mol. The Balaban J connectivity index is 2.70.